The van der Waals surface area contributed by atoms with E-state index in [1.807, 2.05) is 10.9 Å². The van der Waals surface area contributed by atoms with Crippen molar-refractivity contribution in [3.05, 3.63) is 41.2 Å². The van der Waals surface area contributed by atoms with Crippen molar-refractivity contribution in [2.75, 3.05) is 11.9 Å². The molecule has 2 N–H and O–H groups in total. The number of phenols is 1. The molecule has 21 heavy (non-hydrogen) atoms. The Morgan fingerprint density at radius 2 is 2.38 bits per heavy atom. The number of hydrogen-bond acceptors (Lipinski definition) is 4. The maximum Gasteiger partial charge on any atom is 0.122 e. The molecule has 1 saturated heterocycles. The summed E-state index contributed by atoms with van der Waals surface area (Å²) in [4.78, 5) is 0. The highest BCUT2D eigenvalue weighted by Gasteiger charge is 2.16. The van der Waals surface area contributed by atoms with Crippen LogP contribution >= 0.6 is 11.6 Å². The molecule has 0 radical (unpaired) electrons. The third kappa shape index (κ3) is 3.49. The lowest BCUT2D eigenvalue weighted by Gasteiger charge is -2.09. The van der Waals surface area contributed by atoms with E-state index in [4.69, 9.17) is 16.3 Å². The van der Waals surface area contributed by atoms with Gasteiger partial charge in [-0.1, -0.05) is 17.7 Å². The number of halogens is 1. The summed E-state index contributed by atoms with van der Waals surface area (Å²) in [6.07, 6.45) is 6.20. The van der Waals surface area contributed by atoms with Crippen molar-refractivity contribution >= 4 is 17.3 Å². The topological polar surface area (TPSA) is 59.3 Å². The summed E-state index contributed by atoms with van der Waals surface area (Å²) in [5.41, 5.74) is 1.58. The van der Waals surface area contributed by atoms with Gasteiger partial charge in [-0.15, -0.1) is 0 Å². The number of rotatable bonds is 5. The van der Waals surface area contributed by atoms with Gasteiger partial charge in [0.2, 0.25) is 0 Å². The SMILES string of the molecule is Oc1cccc(Cl)c1CNc1cnn(CC2CCCO2)c1. The fourth-order valence-electron chi connectivity index (χ4n) is 2.46. The smallest absolute Gasteiger partial charge is 0.122 e. The van der Waals surface area contributed by atoms with Gasteiger partial charge >= 0.3 is 0 Å². The molecule has 0 spiro atoms. The molecular formula is C15H18ClN3O2. The molecule has 0 aliphatic carbocycles. The van der Waals surface area contributed by atoms with Gasteiger partial charge in [-0.2, -0.15) is 5.10 Å². The number of hydrogen-bond donors (Lipinski definition) is 2. The van der Waals surface area contributed by atoms with Crippen LogP contribution in [0.4, 0.5) is 5.69 Å². The zero-order valence-corrected chi connectivity index (χ0v) is 12.4. The van der Waals surface area contributed by atoms with Crippen LogP contribution in [0.25, 0.3) is 0 Å². The van der Waals surface area contributed by atoms with Crippen LogP contribution in [0.15, 0.2) is 30.6 Å². The van der Waals surface area contributed by atoms with Crippen molar-refractivity contribution in [3.63, 3.8) is 0 Å². The van der Waals surface area contributed by atoms with Gasteiger partial charge in [-0.05, 0) is 25.0 Å². The average molecular weight is 308 g/mol. The Bertz CT molecular complexity index is 588. The van der Waals surface area contributed by atoms with Crippen molar-refractivity contribution in [1.82, 2.24) is 9.78 Å². The molecule has 5 nitrogen and oxygen atoms in total. The summed E-state index contributed by atoms with van der Waals surface area (Å²) < 4.78 is 7.47. The number of anilines is 1. The molecule has 1 aliphatic rings. The first-order chi connectivity index (χ1) is 10.2. The van der Waals surface area contributed by atoms with Gasteiger partial charge in [-0.25, -0.2) is 0 Å². The molecule has 1 aliphatic heterocycles. The Morgan fingerprint density at radius 1 is 1.48 bits per heavy atom. The predicted molar refractivity (Wildman–Crippen MR) is 81.6 cm³/mol. The Labute approximate surface area is 128 Å². The molecule has 1 fully saturated rings. The highest BCUT2D eigenvalue weighted by atomic mass is 35.5. The number of phenolic OH excluding ortho intramolecular Hbond substituents is 1. The minimum Gasteiger partial charge on any atom is -0.508 e. The second-order valence-corrected chi connectivity index (χ2v) is 5.58. The van der Waals surface area contributed by atoms with E-state index < -0.39 is 0 Å². The summed E-state index contributed by atoms with van der Waals surface area (Å²) in [7, 11) is 0. The Hall–Kier alpha value is -1.72. The highest BCUT2D eigenvalue weighted by Crippen LogP contribution is 2.26. The van der Waals surface area contributed by atoms with Gasteiger partial charge in [0.15, 0.2) is 0 Å². The van der Waals surface area contributed by atoms with E-state index in [2.05, 4.69) is 10.4 Å². The van der Waals surface area contributed by atoms with Gasteiger partial charge in [0, 0.05) is 29.9 Å². The normalized spacial score (nSPS) is 18.0. The Morgan fingerprint density at radius 3 is 3.14 bits per heavy atom. The van der Waals surface area contributed by atoms with E-state index in [0.717, 1.165) is 31.7 Å². The molecule has 0 bridgehead atoms. The van der Waals surface area contributed by atoms with Crippen LogP contribution in [0.1, 0.15) is 18.4 Å². The number of nitrogens with zero attached hydrogens (tertiary/aromatic N) is 2. The first kappa shape index (κ1) is 14.2. The number of aromatic hydroxyl groups is 1. The maximum atomic E-state index is 9.80. The summed E-state index contributed by atoms with van der Waals surface area (Å²) in [5, 5.41) is 17.9. The van der Waals surface area contributed by atoms with Crippen LogP contribution in [0.3, 0.4) is 0 Å². The average Bonchev–Trinajstić information content (AvgIpc) is 3.11. The third-order valence-electron chi connectivity index (χ3n) is 3.61. The number of ether oxygens (including phenoxy) is 1. The summed E-state index contributed by atoms with van der Waals surface area (Å²) in [5.74, 6) is 0.196. The van der Waals surface area contributed by atoms with Gasteiger partial charge in [0.05, 0.1) is 24.5 Å². The molecule has 2 heterocycles. The van der Waals surface area contributed by atoms with Gasteiger partial charge in [0.1, 0.15) is 5.75 Å². The fraction of sp³-hybridized carbons (Fsp3) is 0.400. The predicted octanol–water partition coefficient (Wildman–Crippen LogP) is 3.03. The minimum atomic E-state index is 0.196. The molecule has 1 aromatic carbocycles. The third-order valence-corrected chi connectivity index (χ3v) is 3.97. The largest absolute Gasteiger partial charge is 0.508 e. The molecule has 1 aromatic heterocycles. The van der Waals surface area contributed by atoms with E-state index >= 15 is 0 Å². The monoisotopic (exact) mass is 307 g/mol. The van der Waals surface area contributed by atoms with Gasteiger partial charge in [0.25, 0.3) is 0 Å². The van der Waals surface area contributed by atoms with Crippen molar-refractivity contribution in [2.45, 2.75) is 32.0 Å². The van der Waals surface area contributed by atoms with E-state index in [1.54, 1.807) is 24.4 Å². The van der Waals surface area contributed by atoms with Crippen LogP contribution < -0.4 is 5.32 Å². The van der Waals surface area contributed by atoms with Crippen LogP contribution in [0.2, 0.25) is 5.02 Å². The molecule has 2 aromatic rings. The lowest BCUT2D eigenvalue weighted by atomic mass is 10.2. The first-order valence-electron chi connectivity index (χ1n) is 7.06. The number of benzene rings is 1. The molecule has 0 amide bonds. The van der Waals surface area contributed by atoms with Gasteiger partial charge in [-0.3, -0.25) is 4.68 Å². The second-order valence-electron chi connectivity index (χ2n) is 5.18. The number of nitrogens with one attached hydrogen (secondary N) is 1. The van der Waals surface area contributed by atoms with Crippen molar-refractivity contribution < 1.29 is 9.84 Å². The highest BCUT2D eigenvalue weighted by molar-refractivity contribution is 6.31. The maximum absolute atomic E-state index is 9.80. The van der Waals surface area contributed by atoms with Crippen molar-refractivity contribution in [3.8, 4) is 5.75 Å². The van der Waals surface area contributed by atoms with Gasteiger partial charge < -0.3 is 15.2 Å². The molecular weight excluding hydrogens is 290 g/mol. The Kier molecular flexibility index (Phi) is 4.31. The summed E-state index contributed by atoms with van der Waals surface area (Å²) >= 11 is 6.08. The van der Waals surface area contributed by atoms with E-state index in [9.17, 15) is 5.11 Å². The second kappa shape index (κ2) is 6.37. The molecule has 3 rings (SSSR count). The van der Waals surface area contributed by atoms with Crippen molar-refractivity contribution in [1.29, 1.82) is 0 Å². The van der Waals surface area contributed by atoms with Crippen molar-refractivity contribution in [2.24, 2.45) is 0 Å². The van der Waals surface area contributed by atoms with Crippen LogP contribution in [0, 0.1) is 0 Å². The van der Waals surface area contributed by atoms with Crippen LogP contribution in [-0.2, 0) is 17.8 Å². The van der Waals surface area contributed by atoms with Crippen LogP contribution in [-0.4, -0.2) is 27.6 Å². The lowest BCUT2D eigenvalue weighted by Crippen LogP contribution is -2.15. The fourth-order valence-corrected chi connectivity index (χ4v) is 2.70. The lowest BCUT2D eigenvalue weighted by molar-refractivity contribution is 0.0940. The quantitative estimate of drug-likeness (QED) is 0.891. The number of aromatic nitrogens is 2. The minimum absolute atomic E-state index is 0.196. The summed E-state index contributed by atoms with van der Waals surface area (Å²) in [6, 6.07) is 5.11. The molecule has 0 saturated carbocycles. The molecule has 112 valence electrons. The molecule has 1 unspecified atom stereocenters. The zero-order valence-electron chi connectivity index (χ0n) is 11.6. The molecule has 1 atom stereocenters. The first-order valence-corrected chi connectivity index (χ1v) is 7.44. The summed E-state index contributed by atoms with van der Waals surface area (Å²) in [6.45, 7) is 2.08. The molecule has 6 heteroatoms. The standard InChI is InChI=1S/C15H18ClN3O2/c16-14-4-1-5-15(20)13(14)8-17-11-7-18-19(9-11)10-12-3-2-6-21-12/h1,4-5,7,9,12,17,20H,2-3,6,8,10H2. The van der Waals surface area contributed by atoms with E-state index in [-0.39, 0.29) is 11.9 Å². The Balaban J connectivity index is 1.59. The van der Waals surface area contributed by atoms with E-state index in [0.29, 0.717) is 17.1 Å². The van der Waals surface area contributed by atoms with E-state index in [1.165, 1.54) is 0 Å². The zero-order chi connectivity index (χ0) is 14.7. The van der Waals surface area contributed by atoms with Crippen LogP contribution in [0.5, 0.6) is 5.75 Å².